The van der Waals surface area contributed by atoms with E-state index in [0.717, 1.165) is 70.1 Å². The van der Waals surface area contributed by atoms with Gasteiger partial charge in [0.05, 0.1) is 25.4 Å². The number of anilines is 1. The molecule has 1 aliphatic carbocycles. The van der Waals surface area contributed by atoms with E-state index in [4.69, 9.17) is 24.7 Å². The first-order valence-corrected chi connectivity index (χ1v) is 15.0. The first-order chi connectivity index (χ1) is 20.5. The number of piperazine rings is 1. The Morgan fingerprint density at radius 3 is 2.42 bits per heavy atom. The summed E-state index contributed by atoms with van der Waals surface area (Å²) in [5.74, 6) is -2.35. The van der Waals surface area contributed by atoms with Crippen LogP contribution in [-0.4, -0.2) is 119 Å². The number of hydrogen-bond acceptors (Lipinski definition) is 9. The third-order valence-corrected chi connectivity index (χ3v) is 8.03. The lowest BCUT2D eigenvalue weighted by atomic mass is 9.99. The highest BCUT2D eigenvalue weighted by Gasteiger charge is 2.29. The average molecular weight is 616 g/mol. The van der Waals surface area contributed by atoms with Gasteiger partial charge in [-0.3, -0.25) is 9.80 Å². The molecule has 43 heavy (non-hydrogen) atoms. The van der Waals surface area contributed by atoms with E-state index in [9.17, 15) is 18.0 Å². The Kier molecular flexibility index (Phi) is 13.4. The van der Waals surface area contributed by atoms with Crippen molar-refractivity contribution in [1.29, 1.82) is 0 Å². The molecule has 2 atom stereocenters. The molecule has 0 amide bonds. The third-order valence-electron chi connectivity index (χ3n) is 8.03. The van der Waals surface area contributed by atoms with Crippen molar-refractivity contribution in [3.63, 3.8) is 0 Å². The Bertz CT molecular complexity index is 1150. The molecule has 4 rings (SSSR count). The number of alkyl halides is 3. The molecular weight excluding hydrogens is 571 g/mol. The number of aliphatic carboxylic acids is 2. The van der Waals surface area contributed by atoms with Gasteiger partial charge in [0.15, 0.2) is 5.65 Å². The zero-order chi connectivity index (χ0) is 31.4. The molecule has 0 radical (unpaired) electrons. The molecule has 15 heteroatoms. The van der Waals surface area contributed by atoms with Gasteiger partial charge in [0.1, 0.15) is 18.4 Å². The summed E-state index contributed by atoms with van der Waals surface area (Å²) in [5, 5.41) is 28.3. The molecule has 2 aliphatic rings. The van der Waals surface area contributed by atoms with Gasteiger partial charge in [0, 0.05) is 81.9 Å². The number of rotatable bonds is 14. The molecule has 4 N–H and O–H groups in total. The van der Waals surface area contributed by atoms with E-state index in [1.54, 1.807) is 0 Å². The van der Waals surface area contributed by atoms with E-state index in [0.29, 0.717) is 24.6 Å². The molecule has 0 aromatic carbocycles. The fourth-order valence-corrected chi connectivity index (χ4v) is 5.60. The van der Waals surface area contributed by atoms with E-state index < -0.39 is 18.1 Å². The van der Waals surface area contributed by atoms with Gasteiger partial charge in [-0.05, 0) is 19.3 Å². The summed E-state index contributed by atoms with van der Waals surface area (Å²) < 4.78 is 38.7. The summed E-state index contributed by atoms with van der Waals surface area (Å²) in [4.78, 5) is 29.1. The lowest BCUT2D eigenvalue weighted by molar-refractivity contribution is -0.687. The minimum Gasteiger partial charge on any atom is -0.542 e. The molecule has 3 heterocycles. The topological polar surface area (TPSA) is 152 Å². The van der Waals surface area contributed by atoms with Crippen molar-refractivity contribution in [2.45, 2.75) is 70.1 Å². The number of nitrogens with two attached hydrogens (primary N) is 1. The van der Waals surface area contributed by atoms with Gasteiger partial charge in [0.25, 0.3) is 0 Å². The second-order valence-electron chi connectivity index (χ2n) is 11.0. The number of nitrogens with one attached hydrogen (secondary N) is 1. The van der Waals surface area contributed by atoms with Gasteiger partial charge >= 0.3 is 12.1 Å². The van der Waals surface area contributed by atoms with Crippen molar-refractivity contribution in [2.24, 2.45) is 0 Å². The molecular formula is C28H44F3N7O5. The number of carboxylic acids is 2. The maximum Gasteiger partial charge on any atom is 0.430 e. The van der Waals surface area contributed by atoms with Crippen LogP contribution < -0.4 is 15.7 Å². The first kappa shape index (κ1) is 34.5. The predicted octanol–water partition coefficient (Wildman–Crippen LogP) is 0.547. The number of fused-ring (bicyclic) bond motifs is 1. The van der Waals surface area contributed by atoms with Gasteiger partial charge in [-0.25, -0.2) is 9.78 Å². The standard InChI is InChI=1S/C26H43N7O3.C2HF3O2/c1-3-20(4-2)23-18-25(33-24(30-23)7-8-28-33)29-22-6-5-21(17-22)27-9-10-31-11-13-32(14-12-31)15-16-36-19-26(34)35;3-2(4,5)1(6)7/h7-8,18,20-22,27,29H,3-6,9-17,19H2,1-2H3,(H,34,35);(H,6,7)/t21-,22-;/m0./s1. The highest BCUT2D eigenvalue weighted by Crippen LogP contribution is 2.27. The van der Waals surface area contributed by atoms with Crippen molar-refractivity contribution in [2.75, 3.05) is 64.3 Å². The fraction of sp³-hybridized carbons (Fsp3) is 0.714. The molecule has 2 aromatic rings. The quantitative estimate of drug-likeness (QED) is 0.257. The van der Waals surface area contributed by atoms with Gasteiger partial charge < -0.3 is 30.4 Å². The number of ether oxygens (including phenoxy) is 1. The minimum absolute atomic E-state index is 0.206. The number of halogens is 3. The Balaban J connectivity index is 0.000000646. The lowest BCUT2D eigenvalue weighted by Gasteiger charge is -2.34. The molecule has 1 aliphatic heterocycles. The first-order valence-electron chi connectivity index (χ1n) is 15.0. The maximum atomic E-state index is 10.5. The van der Waals surface area contributed by atoms with E-state index in [1.165, 1.54) is 25.0 Å². The highest BCUT2D eigenvalue weighted by atomic mass is 19.4. The Hall–Kier alpha value is -3.01. The molecule has 1 saturated carbocycles. The van der Waals surface area contributed by atoms with E-state index in [1.807, 2.05) is 16.8 Å². The van der Waals surface area contributed by atoms with Crippen LogP contribution in [-0.2, 0) is 14.3 Å². The summed E-state index contributed by atoms with van der Waals surface area (Å²) >= 11 is 0. The monoisotopic (exact) mass is 615 g/mol. The van der Waals surface area contributed by atoms with Crippen LogP contribution in [0, 0.1) is 0 Å². The van der Waals surface area contributed by atoms with Crippen molar-refractivity contribution in [1.82, 2.24) is 24.4 Å². The summed E-state index contributed by atoms with van der Waals surface area (Å²) in [7, 11) is 0. The summed E-state index contributed by atoms with van der Waals surface area (Å²) in [6.07, 6.45) is 2.45. The number of nitrogens with zero attached hydrogens (tertiary/aromatic N) is 5. The largest absolute Gasteiger partial charge is 0.542 e. The summed E-state index contributed by atoms with van der Waals surface area (Å²) in [5.41, 5.74) is 2.10. The molecule has 12 nitrogen and oxygen atoms in total. The number of carbonyl (C=O) groups excluding carboxylic acids is 1. The fourth-order valence-electron chi connectivity index (χ4n) is 5.60. The molecule has 0 spiro atoms. The normalized spacial score (nSPS) is 19.9. The van der Waals surface area contributed by atoms with Crippen LogP contribution in [0.4, 0.5) is 19.0 Å². The van der Waals surface area contributed by atoms with Gasteiger partial charge in [-0.1, -0.05) is 13.8 Å². The van der Waals surface area contributed by atoms with E-state index in [-0.39, 0.29) is 6.61 Å². The van der Waals surface area contributed by atoms with E-state index in [2.05, 4.69) is 45.4 Å². The number of aromatic nitrogens is 3. The lowest BCUT2D eigenvalue weighted by Crippen LogP contribution is -2.90. The SMILES string of the molecule is CCC(CC)c1cc(N[C@H]2CC[C@H]([NH2+]CCN3CCN(CCOCC(=O)O)CC3)C2)n2nccc2n1.O=C([O-])C(F)(F)F. The smallest absolute Gasteiger partial charge is 0.430 e. The molecule has 0 bridgehead atoms. The van der Waals surface area contributed by atoms with Crippen LogP contribution in [0.15, 0.2) is 18.3 Å². The van der Waals surface area contributed by atoms with Gasteiger partial charge in [-0.2, -0.15) is 22.8 Å². The average Bonchev–Trinajstić information content (AvgIpc) is 3.62. The van der Waals surface area contributed by atoms with Crippen LogP contribution in [0.1, 0.15) is 57.6 Å². The second kappa shape index (κ2) is 16.7. The van der Waals surface area contributed by atoms with Crippen LogP contribution in [0.2, 0.25) is 0 Å². The van der Waals surface area contributed by atoms with Crippen molar-refractivity contribution >= 4 is 23.4 Å². The van der Waals surface area contributed by atoms with Crippen molar-refractivity contribution in [3.05, 3.63) is 24.0 Å². The van der Waals surface area contributed by atoms with Crippen molar-refractivity contribution < 1.29 is 43.0 Å². The van der Waals surface area contributed by atoms with E-state index >= 15 is 0 Å². The molecule has 2 fully saturated rings. The second-order valence-corrected chi connectivity index (χ2v) is 11.0. The predicted molar refractivity (Wildman–Crippen MR) is 151 cm³/mol. The third kappa shape index (κ3) is 11.2. The number of hydrogen-bond donors (Lipinski definition) is 3. The Morgan fingerprint density at radius 2 is 1.81 bits per heavy atom. The molecule has 242 valence electrons. The summed E-state index contributed by atoms with van der Waals surface area (Å²) in [6, 6.07) is 5.35. The zero-order valence-corrected chi connectivity index (χ0v) is 24.9. The van der Waals surface area contributed by atoms with Crippen LogP contribution in [0.3, 0.4) is 0 Å². The molecule has 0 unspecified atom stereocenters. The Labute approximate surface area is 249 Å². The van der Waals surface area contributed by atoms with Gasteiger partial charge in [0.2, 0.25) is 0 Å². The minimum atomic E-state index is -5.19. The molecule has 1 saturated heterocycles. The zero-order valence-electron chi connectivity index (χ0n) is 24.9. The number of carbonyl (C=O) groups is 2. The Morgan fingerprint density at radius 1 is 1.16 bits per heavy atom. The molecule has 2 aromatic heterocycles. The van der Waals surface area contributed by atoms with Gasteiger partial charge in [-0.15, -0.1) is 0 Å². The van der Waals surface area contributed by atoms with Crippen molar-refractivity contribution in [3.8, 4) is 0 Å². The highest BCUT2D eigenvalue weighted by molar-refractivity contribution is 5.70. The number of quaternary nitrogens is 1. The van der Waals surface area contributed by atoms with Crippen LogP contribution in [0.5, 0.6) is 0 Å². The van der Waals surface area contributed by atoms with Crippen LogP contribution in [0.25, 0.3) is 5.65 Å². The van der Waals surface area contributed by atoms with Crippen LogP contribution >= 0.6 is 0 Å². The maximum absolute atomic E-state index is 10.5. The summed E-state index contributed by atoms with van der Waals surface area (Å²) in [6.45, 7) is 12.0. The number of carboxylic acid groups (broad SMARTS) is 2.